The number of aromatic nitrogens is 2. The highest BCUT2D eigenvalue weighted by molar-refractivity contribution is 5.79. The average Bonchev–Trinajstić information content (AvgIpc) is 3.05. The smallest absolute Gasteiger partial charge is 0.191 e. The predicted molar refractivity (Wildman–Crippen MR) is 105 cm³/mol. The predicted octanol–water partition coefficient (Wildman–Crippen LogP) is 0.300. The van der Waals surface area contributed by atoms with Crippen LogP contribution in [0.25, 0.3) is 0 Å². The van der Waals surface area contributed by atoms with Crippen LogP contribution in [0.3, 0.4) is 0 Å². The van der Waals surface area contributed by atoms with E-state index >= 15 is 0 Å². The monoisotopic (exact) mass is 365 g/mol. The molecule has 1 atom stereocenters. The standard InChI is InChI=1S/C18H35N7O/c1-5-19-18(20-7-6-8-25-9-11-26-12-10-25)21-14-17(23(2)3)16-13-22-24(4)15-16/h13,15,17H,5-12,14H2,1-4H3,(H2,19,20,21). The molecule has 1 aromatic heterocycles. The Labute approximate surface area is 157 Å². The summed E-state index contributed by atoms with van der Waals surface area (Å²) >= 11 is 0. The molecule has 1 aliphatic heterocycles. The van der Waals surface area contributed by atoms with Gasteiger partial charge in [0, 0.05) is 45.0 Å². The normalized spacial score (nSPS) is 17.5. The van der Waals surface area contributed by atoms with Crippen LogP contribution < -0.4 is 10.6 Å². The Balaban J connectivity index is 1.81. The van der Waals surface area contributed by atoms with Gasteiger partial charge in [0.2, 0.25) is 0 Å². The van der Waals surface area contributed by atoms with Gasteiger partial charge in [-0.3, -0.25) is 14.6 Å². The molecule has 0 saturated carbocycles. The number of nitrogens with one attached hydrogen (secondary N) is 2. The zero-order chi connectivity index (χ0) is 18.8. The van der Waals surface area contributed by atoms with Gasteiger partial charge in [0.15, 0.2) is 5.96 Å². The molecule has 0 spiro atoms. The van der Waals surface area contributed by atoms with Gasteiger partial charge in [0.25, 0.3) is 0 Å². The molecule has 1 aliphatic rings. The molecule has 148 valence electrons. The maximum absolute atomic E-state index is 5.39. The number of morpholine rings is 1. The molecule has 8 nitrogen and oxygen atoms in total. The van der Waals surface area contributed by atoms with Crippen molar-refractivity contribution in [1.82, 2.24) is 30.2 Å². The lowest BCUT2D eigenvalue weighted by atomic mass is 10.1. The second-order valence-corrected chi connectivity index (χ2v) is 6.88. The molecule has 0 radical (unpaired) electrons. The number of nitrogens with zero attached hydrogens (tertiary/aromatic N) is 5. The van der Waals surface area contributed by atoms with Gasteiger partial charge in [-0.15, -0.1) is 0 Å². The van der Waals surface area contributed by atoms with Gasteiger partial charge in [-0.25, -0.2) is 0 Å². The fourth-order valence-electron chi connectivity index (χ4n) is 3.03. The minimum atomic E-state index is 0.215. The second-order valence-electron chi connectivity index (χ2n) is 6.88. The van der Waals surface area contributed by atoms with E-state index in [2.05, 4.69) is 52.7 Å². The summed E-state index contributed by atoms with van der Waals surface area (Å²) in [5.74, 6) is 0.880. The lowest BCUT2D eigenvalue weighted by Crippen LogP contribution is -2.41. The molecule has 0 amide bonds. The highest BCUT2D eigenvalue weighted by Crippen LogP contribution is 2.17. The summed E-state index contributed by atoms with van der Waals surface area (Å²) in [6.07, 6.45) is 5.08. The number of hydrogen-bond acceptors (Lipinski definition) is 5. The Hall–Kier alpha value is -1.64. The van der Waals surface area contributed by atoms with Crippen molar-refractivity contribution in [3.05, 3.63) is 18.0 Å². The van der Waals surface area contributed by atoms with E-state index in [1.807, 2.05) is 17.9 Å². The molecule has 2 heterocycles. The van der Waals surface area contributed by atoms with E-state index in [4.69, 9.17) is 9.73 Å². The molecule has 1 fully saturated rings. The van der Waals surface area contributed by atoms with E-state index < -0.39 is 0 Å². The van der Waals surface area contributed by atoms with E-state index in [9.17, 15) is 0 Å². The van der Waals surface area contributed by atoms with Crippen LogP contribution in [0.5, 0.6) is 0 Å². The molecule has 2 N–H and O–H groups in total. The van der Waals surface area contributed by atoms with Crippen LogP contribution in [0.1, 0.15) is 24.9 Å². The molecule has 1 aromatic rings. The molecule has 0 bridgehead atoms. The third-order valence-corrected chi connectivity index (χ3v) is 4.55. The number of hydrogen-bond donors (Lipinski definition) is 2. The molecule has 26 heavy (non-hydrogen) atoms. The van der Waals surface area contributed by atoms with E-state index in [0.717, 1.165) is 58.3 Å². The Kier molecular flexibility index (Phi) is 8.87. The van der Waals surface area contributed by atoms with Crippen LogP contribution in [0.4, 0.5) is 0 Å². The van der Waals surface area contributed by atoms with Crippen molar-refractivity contribution in [3.63, 3.8) is 0 Å². The first-order valence-corrected chi connectivity index (χ1v) is 9.57. The average molecular weight is 366 g/mol. The van der Waals surface area contributed by atoms with Crippen LogP contribution >= 0.6 is 0 Å². The summed E-state index contributed by atoms with van der Waals surface area (Å²) in [6, 6.07) is 0.215. The highest BCUT2D eigenvalue weighted by atomic mass is 16.5. The SMILES string of the molecule is CCNC(=NCC(c1cnn(C)c1)N(C)C)NCCCN1CCOCC1. The van der Waals surface area contributed by atoms with Gasteiger partial charge >= 0.3 is 0 Å². The molecule has 1 unspecified atom stereocenters. The minimum absolute atomic E-state index is 0.215. The fourth-order valence-corrected chi connectivity index (χ4v) is 3.03. The third kappa shape index (κ3) is 6.93. The van der Waals surface area contributed by atoms with Gasteiger partial charge in [0.1, 0.15) is 0 Å². The van der Waals surface area contributed by atoms with Crippen LogP contribution in [-0.4, -0.2) is 92.1 Å². The van der Waals surface area contributed by atoms with Gasteiger partial charge in [-0.05, 0) is 34.0 Å². The summed E-state index contributed by atoms with van der Waals surface area (Å²) in [6.45, 7) is 9.47. The van der Waals surface area contributed by atoms with Gasteiger partial charge in [-0.2, -0.15) is 5.10 Å². The number of aliphatic imine (C=N–C) groups is 1. The van der Waals surface area contributed by atoms with Crippen molar-refractivity contribution >= 4 is 5.96 Å². The van der Waals surface area contributed by atoms with E-state index in [1.54, 1.807) is 0 Å². The van der Waals surface area contributed by atoms with Gasteiger partial charge in [0.05, 0.1) is 32.0 Å². The molecule has 2 rings (SSSR count). The van der Waals surface area contributed by atoms with E-state index in [1.165, 1.54) is 5.56 Å². The summed E-state index contributed by atoms with van der Waals surface area (Å²) < 4.78 is 7.23. The number of guanidine groups is 1. The maximum Gasteiger partial charge on any atom is 0.191 e. The molecule has 0 aliphatic carbocycles. The molecular formula is C18H35N7O. The Morgan fingerprint density at radius 3 is 2.73 bits per heavy atom. The number of rotatable bonds is 9. The van der Waals surface area contributed by atoms with Crippen molar-refractivity contribution < 1.29 is 4.74 Å². The molecule has 1 saturated heterocycles. The first-order chi connectivity index (χ1) is 12.6. The first-order valence-electron chi connectivity index (χ1n) is 9.57. The third-order valence-electron chi connectivity index (χ3n) is 4.55. The number of aryl methyl sites for hydroxylation is 1. The summed E-state index contributed by atoms with van der Waals surface area (Å²) in [5, 5.41) is 11.1. The first kappa shape index (κ1) is 20.7. The van der Waals surface area contributed by atoms with Crippen molar-refractivity contribution in [2.24, 2.45) is 12.0 Å². The number of likely N-dealkylation sites (N-methyl/N-ethyl adjacent to an activating group) is 1. The summed E-state index contributed by atoms with van der Waals surface area (Å²) in [7, 11) is 6.10. The van der Waals surface area contributed by atoms with Crippen LogP contribution in [0, 0.1) is 0 Å². The van der Waals surface area contributed by atoms with Crippen molar-refractivity contribution in [1.29, 1.82) is 0 Å². The largest absolute Gasteiger partial charge is 0.379 e. The molecule has 8 heteroatoms. The summed E-state index contributed by atoms with van der Waals surface area (Å²) in [5.41, 5.74) is 1.18. The zero-order valence-corrected chi connectivity index (χ0v) is 16.7. The lowest BCUT2D eigenvalue weighted by molar-refractivity contribution is 0.0376. The topological polar surface area (TPSA) is 70.0 Å². The van der Waals surface area contributed by atoms with Gasteiger partial charge < -0.3 is 20.3 Å². The Morgan fingerprint density at radius 2 is 2.12 bits per heavy atom. The lowest BCUT2D eigenvalue weighted by Gasteiger charge is -2.26. The van der Waals surface area contributed by atoms with Crippen LogP contribution in [0.2, 0.25) is 0 Å². The van der Waals surface area contributed by atoms with Crippen LogP contribution in [0.15, 0.2) is 17.4 Å². The van der Waals surface area contributed by atoms with Crippen molar-refractivity contribution in [2.75, 3.05) is 66.6 Å². The summed E-state index contributed by atoms with van der Waals surface area (Å²) in [4.78, 5) is 9.43. The number of ether oxygens (including phenoxy) is 1. The molecule has 0 aromatic carbocycles. The van der Waals surface area contributed by atoms with Gasteiger partial charge in [-0.1, -0.05) is 0 Å². The minimum Gasteiger partial charge on any atom is -0.379 e. The molecular weight excluding hydrogens is 330 g/mol. The zero-order valence-electron chi connectivity index (χ0n) is 16.7. The Morgan fingerprint density at radius 1 is 1.35 bits per heavy atom. The fraction of sp³-hybridized carbons (Fsp3) is 0.778. The van der Waals surface area contributed by atoms with Crippen molar-refractivity contribution in [3.8, 4) is 0 Å². The quantitative estimate of drug-likeness (QED) is 0.373. The van der Waals surface area contributed by atoms with E-state index in [-0.39, 0.29) is 6.04 Å². The van der Waals surface area contributed by atoms with Crippen molar-refractivity contribution in [2.45, 2.75) is 19.4 Å². The Bertz CT molecular complexity index is 537. The van der Waals surface area contributed by atoms with E-state index in [0.29, 0.717) is 6.54 Å². The maximum atomic E-state index is 5.39. The van der Waals surface area contributed by atoms with Crippen LogP contribution in [-0.2, 0) is 11.8 Å². The highest BCUT2D eigenvalue weighted by Gasteiger charge is 2.16. The second kappa shape index (κ2) is 11.2.